The number of thioether (sulfide) groups is 1. The van der Waals surface area contributed by atoms with E-state index in [1.165, 1.54) is 22.5 Å². The number of carbonyl (C=O) groups excluding carboxylic acids is 1. The predicted octanol–water partition coefficient (Wildman–Crippen LogP) is 3.22. The van der Waals surface area contributed by atoms with Gasteiger partial charge in [0.1, 0.15) is 5.03 Å². The number of nitrogens with zero attached hydrogens (tertiary/aromatic N) is 2. The normalized spacial score (nSPS) is 12.0. The molecule has 0 fully saturated rings. The highest BCUT2D eigenvalue weighted by atomic mass is 35.5. The first kappa shape index (κ1) is 21.5. The zero-order valence-corrected chi connectivity index (χ0v) is 17.3. The summed E-state index contributed by atoms with van der Waals surface area (Å²) in [4.78, 5) is 24.4. The lowest BCUT2D eigenvalue weighted by Crippen LogP contribution is -2.32. The van der Waals surface area contributed by atoms with E-state index in [0.717, 1.165) is 12.0 Å². The van der Waals surface area contributed by atoms with Gasteiger partial charge in [0.05, 0.1) is 10.9 Å². The summed E-state index contributed by atoms with van der Waals surface area (Å²) in [5, 5.41) is 8.06. The molecule has 0 saturated carbocycles. The Kier molecular flexibility index (Phi) is 8.34. The maximum absolute atomic E-state index is 12.2. The number of ether oxygens (including phenoxy) is 1. The lowest BCUT2D eigenvalue weighted by molar-refractivity contribution is -0.120. The number of nitrogens with one attached hydrogen (secondary N) is 1. The fraction of sp³-hybridized carbons (Fsp3) is 0.421. The number of hydrogen-bond acceptors (Lipinski definition) is 5. The van der Waals surface area contributed by atoms with Crippen molar-refractivity contribution < 1.29 is 9.53 Å². The lowest BCUT2D eigenvalue weighted by Gasteiger charge is -2.13. The van der Waals surface area contributed by atoms with Crippen LogP contribution < -0.4 is 10.9 Å². The number of rotatable bonds is 9. The molecule has 1 heterocycles. The number of carbonyl (C=O) groups is 1. The maximum Gasteiger partial charge on any atom is 0.271 e. The highest BCUT2D eigenvalue weighted by Crippen LogP contribution is 2.22. The van der Waals surface area contributed by atoms with Gasteiger partial charge in [0.25, 0.3) is 5.56 Å². The molecule has 1 amide bonds. The fourth-order valence-electron chi connectivity index (χ4n) is 2.26. The summed E-state index contributed by atoms with van der Waals surface area (Å²) in [6, 6.07) is 8.39. The molecule has 2 rings (SSSR count). The Hall–Kier alpha value is -1.83. The summed E-state index contributed by atoms with van der Waals surface area (Å²) >= 11 is 7.45. The van der Waals surface area contributed by atoms with Crippen LogP contribution in [0.2, 0.25) is 5.02 Å². The van der Waals surface area contributed by atoms with Gasteiger partial charge in [0.15, 0.2) is 0 Å². The highest BCUT2D eigenvalue weighted by Gasteiger charge is 2.15. The largest absolute Gasteiger partial charge is 0.382 e. The highest BCUT2D eigenvalue weighted by molar-refractivity contribution is 8.00. The Morgan fingerprint density at radius 1 is 1.37 bits per heavy atom. The second kappa shape index (κ2) is 10.5. The van der Waals surface area contributed by atoms with Gasteiger partial charge < -0.3 is 10.1 Å². The first-order valence-corrected chi connectivity index (χ1v) is 10.1. The monoisotopic (exact) mass is 409 g/mol. The smallest absolute Gasteiger partial charge is 0.271 e. The van der Waals surface area contributed by atoms with Crippen LogP contribution in [0, 0.1) is 6.92 Å². The molecule has 0 bridgehead atoms. The molecule has 0 radical (unpaired) electrons. The van der Waals surface area contributed by atoms with Crippen molar-refractivity contribution in [1.29, 1.82) is 0 Å². The van der Waals surface area contributed by atoms with Crippen molar-refractivity contribution in [2.24, 2.45) is 0 Å². The molecule has 0 aliphatic heterocycles. The van der Waals surface area contributed by atoms with Crippen molar-refractivity contribution in [2.45, 2.75) is 37.5 Å². The number of hydrogen-bond donors (Lipinski definition) is 1. The molecular weight excluding hydrogens is 386 g/mol. The maximum atomic E-state index is 12.2. The van der Waals surface area contributed by atoms with Gasteiger partial charge in [-0.25, -0.2) is 0 Å². The van der Waals surface area contributed by atoms with Crippen LogP contribution in [-0.2, 0) is 9.53 Å². The number of amides is 1. The van der Waals surface area contributed by atoms with Crippen LogP contribution in [0.15, 0.2) is 40.2 Å². The standard InChI is InChI=1S/C19H24ClN3O3S/c1-4-26-11-5-10-21-19(25)14(3)27-17-8-9-18(24)23(22-17)15-7-6-13(2)16(20)12-15/h6-9,12,14H,4-5,10-11H2,1-3H3,(H,21,25)/t14-/m0/s1. The molecule has 0 aliphatic carbocycles. The molecule has 6 nitrogen and oxygen atoms in total. The third-order valence-electron chi connectivity index (χ3n) is 3.81. The van der Waals surface area contributed by atoms with Gasteiger partial charge in [-0.15, -0.1) is 0 Å². The molecule has 27 heavy (non-hydrogen) atoms. The molecule has 1 N–H and O–H groups in total. The van der Waals surface area contributed by atoms with Gasteiger partial charge in [-0.05, 0) is 51.0 Å². The molecule has 0 unspecified atom stereocenters. The molecule has 0 aliphatic rings. The molecule has 8 heteroatoms. The first-order valence-electron chi connectivity index (χ1n) is 8.81. The van der Waals surface area contributed by atoms with E-state index in [9.17, 15) is 9.59 Å². The Labute approximate surface area is 168 Å². The Morgan fingerprint density at radius 3 is 2.85 bits per heavy atom. The third kappa shape index (κ3) is 6.37. The van der Waals surface area contributed by atoms with Crippen LogP contribution >= 0.6 is 23.4 Å². The minimum absolute atomic E-state index is 0.0746. The quantitative estimate of drug-likeness (QED) is 0.508. The summed E-state index contributed by atoms with van der Waals surface area (Å²) in [6.07, 6.45) is 0.772. The number of aryl methyl sites for hydroxylation is 1. The van der Waals surface area contributed by atoms with E-state index in [4.69, 9.17) is 16.3 Å². The van der Waals surface area contributed by atoms with Crippen LogP contribution in [0.1, 0.15) is 25.8 Å². The molecular formula is C19H24ClN3O3S. The molecule has 1 atom stereocenters. The van der Waals surface area contributed by atoms with Crippen molar-refractivity contribution in [2.75, 3.05) is 19.8 Å². The minimum atomic E-state index is -0.336. The average molecular weight is 410 g/mol. The van der Waals surface area contributed by atoms with Gasteiger partial charge in [-0.3, -0.25) is 9.59 Å². The van der Waals surface area contributed by atoms with Crippen molar-refractivity contribution >= 4 is 29.3 Å². The van der Waals surface area contributed by atoms with Crippen molar-refractivity contribution in [3.63, 3.8) is 0 Å². The Bertz CT molecular complexity index is 841. The van der Waals surface area contributed by atoms with Crippen LogP contribution in [-0.4, -0.2) is 40.7 Å². The Balaban J connectivity index is 2.03. The zero-order valence-electron chi connectivity index (χ0n) is 15.7. The van der Waals surface area contributed by atoms with E-state index in [1.807, 2.05) is 26.8 Å². The van der Waals surface area contributed by atoms with Crippen LogP contribution in [0.3, 0.4) is 0 Å². The second-order valence-corrected chi connectivity index (χ2v) is 7.72. The number of aromatic nitrogens is 2. The summed E-state index contributed by atoms with van der Waals surface area (Å²) in [7, 11) is 0. The summed E-state index contributed by atoms with van der Waals surface area (Å²) in [5.74, 6) is -0.0746. The number of benzene rings is 1. The van der Waals surface area contributed by atoms with E-state index in [-0.39, 0.29) is 16.7 Å². The molecule has 2 aromatic rings. The van der Waals surface area contributed by atoms with E-state index < -0.39 is 0 Å². The second-order valence-electron chi connectivity index (χ2n) is 5.96. The predicted molar refractivity (Wildman–Crippen MR) is 109 cm³/mol. The molecule has 0 saturated heterocycles. The Morgan fingerprint density at radius 2 is 2.15 bits per heavy atom. The SMILES string of the molecule is CCOCCCNC(=O)[C@H](C)Sc1ccc(=O)n(-c2ccc(C)c(Cl)c2)n1. The molecule has 1 aromatic carbocycles. The molecule has 0 spiro atoms. The zero-order chi connectivity index (χ0) is 19.8. The van der Waals surface area contributed by atoms with Gasteiger partial charge in [-0.1, -0.05) is 29.4 Å². The van der Waals surface area contributed by atoms with E-state index >= 15 is 0 Å². The van der Waals surface area contributed by atoms with E-state index in [1.54, 1.807) is 18.2 Å². The van der Waals surface area contributed by atoms with Crippen LogP contribution in [0.4, 0.5) is 0 Å². The van der Waals surface area contributed by atoms with Gasteiger partial charge in [0, 0.05) is 30.8 Å². The number of halogens is 1. The minimum Gasteiger partial charge on any atom is -0.382 e. The van der Waals surface area contributed by atoms with E-state index in [2.05, 4.69) is 10.4 Å². The van der Waals surface area contributed by atoms with Crippen molar-refractivity contribution in [3.05, 3.63) is 51.3 Å². The fourth-order valence-corrected chi connectivity index (χ4v) is 3.27. The topological polar surface area (TPSA) is 73.2 Å². The van der Waals surface area contributed by atoms with Crippen LogP contribution in [0.5, 0.6) is 0 Å². The summed E-state index contributed by atoms with van der Waals surface area (Å²) < 4.78 is 6.54. The lowest BCUT2D eigenvalue weighted by atomic mass is 10.2. The third-order valence-corrected chi connectivity index (χ3v) is 5.25. The van der Waals surface area contributed by atoms with E-state index in [0.29, 0.717) is 35.5 Å². The van der Waals surface area contributed by atoms with Crippen molar-refractivity contribution in [1.82, 2.24) is 15.1 Å². The molecule has 146 valence electrons. The van der Waals surface area contributed by atoms with Gasteiger partial charge in [-0.2, -0.15) is 9.78 Å². The van der Waals surface area contributed by atoms with Crippen LogP contribution in [0.25, 0.3) is 5.69 Å². The van der Waals surface area contributed by atoms with Gasteiger partial charge in [0.2, 0.25) is 5.91 Å². The first-order chi connectivity index (χ1) is 12.9. The summed E-state index contributed by atoms with van der Waals surface area (Å²) in [6.45, 7) is 7.51. The average Bonchev–Trinajstić information content (AvgIpc) is 2.65. The molecule has 1 aromatic heterocycles. The van der Waals surface area contributed by atoms with Gasteiger partial charge >= 0.3 is 0 Å². The van der Waals surface area contributed by atoms with Crippen molar-refractivity contribution in [3.8, 4) is 5.69 Å². The summed E-state index contributed by atoms with van der Waals surface area (Å²) in [5.41, 5.74) is 1.26.